The van der Waals surface area contributed by atoms with Crippen LogP contribution in [0.5, 0.6) is 0 Å². The monoisotopic (exact) mass is 256 g/mol. The molecular formula is C12H17BrO. The van der Waals surface area contributed by atoms with Gasteiger partial charge < -0.3 is 4.42 Å². The first-order valence-corrected chi connectivity index (χ1v) is 6.33. The van der Waals surface area contributed by atoms with Gasteiger partial charge >= 0.3 is 0 Å². The summed E-state index contributed by atoms with van der Waals surface area (Å²) in [4.78, 5) is 0. The zero-order valence-electron chi connectivity index (χ0n) is 9.01. The van der Waals surface area contributed by atoms with E-state index in [2.05, 4.69) is 48.8 Å². The highest BCUT2D eigenvalue weighted by Gasteiger charge is 2.37. The molecule has 1 aromatic heterocycles. The summed E-state index contributed by atoms with van der Waals surface area (Å²) >= 11 is 3.52. The van der Waals surface area contributed by atoms with Crippen LogP contribution in [-0.4, -0.2) is 5.33 Å². The molecule has 2 unspecified atom stereocenters. The second kappa shape index (κ2) is 3.41. The molecule has 1 aliphatic rings. The van der Waals surface area contributed by atoms with Crippen LogP contribution in [-0.2, 0) is 5.41 Å². The van der Waals surface area contributed by atoms with Gasteiger partial charge in [-0.05, 0) is 24.5 Å². The van der Waals surface area contributed by atoms with Crippen LogP contribution in [0.4, 0.5) is 0 Å². The van der Waals surface area contributed by atoms with Crippen molar-refractivity contribution in [2.75, 3.05) is 5.33 Å². The SMILES string of the molecule is CC1CC1c1ccc(C(C)(C)CBr)o1. The normalized spacial score (nSPS) is 26.6. The van der Waals surface area contributed by atoms with E-state index in [9.17, 15) is 0 Å². The fraction of sp³-hybridized carbons (Fsp3) is 0.667. The molecule has 1 heterocycles. The van der Waals surface area contributed by atoms with Gasteiger partial charge in [0.1, 0.15) is 11.5 Å². The second-order valence-corrected chi connectivity index (χ2v) is 5.60. The van der Waals surface area contributed by atoms with Gasteiger partial charge in [-0.2, -0.15) is 0 Å². The third-order valence-electron chi connectivity index (χ3n) is 3.10. The summed E-state index contributed by atoms with van der Waals surface area (Å²) in [5, 5.41) is 0.938. The van der Waals surface area contributed by atoms with Crippen LogP contribution in [0, 0.1) is 5.92 Å². The summed E-state index contributed by atoms with van der Waals surface area (Å²) in [6.07, 6.45) is 1.29. The molecule has 2 heteroatoms. The fourth-order valence-electron chi connectivity index (χ4n) is 1.70. The molecule has 0 aromatic carbocycles. The average molecular weight is 257 g/mol. The maximum Gasteiger partial charge on any atom is 0.110 e. The van der Waals surface area contributed by atoms with Gasteiger partial charge in [-0.3, -0.25) is 0 Å². The average Bonchev–Trinajstić information content (AvgIpc) is 2.70. The first-order chi connectivity index (χ1) is 6.54. The predicted molar refractivity (Wildman–Crippen MR) is 62.1 cm³/mol. The van der Waals surface area contributed by atoms with E-state index in [1.54, 1.807) is 0 Å². The molecule has 78 valence electrons. The zero-order valence-corrected chi connectivity index (χ0v) is 10.6. The number of hydrogen-bond donors (Lipinski definition) is 0. The topological polar surface area (TPSA) is 13.1 Å². The molecule has 0 aliphatic heterocycles. The number of halogens is 1. The molecule has 1 fully saturated rings. The van der Waals surface area contributed by atoms with Crippen molar-refractivity contribution in [1.82, 2.24) is 0 Å². The van der Waals surface area contributed by atoms with E-state index in [-0.39, 0.29) is 5.41 Å². The molecule has 0 N–H and O–H groups in total. The van der Waals surface area contributed by atoms with Gasteiger partial charge in [0.2, 0.25) is 0 Å². The molecule has 0 saturated heterocycles. The van der Waals surface area contributed by atoms with Crippen molar-refractivity contribution in [3.63, 3.8) is 0 Å². The van der Waals surface area contributed by atoms with Crippen LogP contribution < -0.4 is 0 Å². The summed E-state index contributed by atoms with van der Waals surface area (Å²) in [6.45, 7) is 6.67. The summed E-state index contributed by atoms with van der Waals surface area (Å²) in [6, 6.07) is 4.27. The molecule has 14 heavy (non-hydrogen) atoms. The van der Waals surface area contributed by atoms with Gasteiger partial charge in [0.15, 0.2) is 0 Å². The van der Waals surface area contributed by atoms with Crippen molar-refractivity contribution in [2.45, 2.75) is 38.5 Å². The predicted octanol–water partition coefficient (Wildman–Crippen LogP) is 4.08. The molecule has 2 atom stereocenters. The quantitative estimate of drug-likeness (QED) is 0.744. The Morgan fingerprint density at radius 3 is 2.64 bits per heavy atom. The van der Waals surface area contributed by atoms with Crippen molar-refractivity contribution in [3.05, 3.63) is 23.7 Å². The first kappa shape index (κ1) is 10.3. The van der Waals surface area contributed by atoms with Crippen LogP contribution in [0.25, 0.3) is 0 Å². The molecule has 0 bridgehead atoms. The van der Waals surface area contributed by atoms with Crippen LogP contribution in [0.15, 0.2) is 16.5 Å². The Hall–Kier alpha value is -0.240. The Kier molecular flexibility index (Phi) is 2.50. The smallest absolute Gasteiger partial charge is 0.110 e. The molecule has 1 saturated carbocycles. The highest BCUT2D eigenvalue weighted by atomic mass is 79.9. The van der Waals surface area contributed by atoms with Crippen molar-refractivity contribution >= 4 is 15.9 Å². The van der Waals surface area contributed by atoms with Crippen molar-refractivity contribution < 1.29 is 4.42 Å². The van der Waals surface area contributed by atoms with E-state index in [1.807, 2.05) is 0 Å². The van der Waals surface area contributed by atoms with E-state index in [0.29, 0.717) is 5.92 Å². The summed E-state index contributed by atoms with van der Waals surface area (Å²) in [5.74, 6) is 3.79. The van der Waals surface area contributed by atoms with Gasteiger partial charge in [0, 0.05) is 16.7 Å². The standard InChI is InChI=1S/C12H17BrO/c1-8-6-9(8)10-4-5-11(14-10)12(2,3)7-13/h4-5,8-9H,6-7H2,1-3H3. The number of alkyl halides is 1. The number of hydrogen-bond acceptors (Lipinski definition) is 1. The maximum atomic E-state index is 5.90. The van der Waals surface area contributed by atoms with E-state index in [1.165, 1.54) is 12.2 Å². The first-order valence-electron chi connectivity index (χ1n) is 5.21. The number of furan rings is 1. The molecule has 0 spiro atoms. The second-order valence-electron chi connectivity index (χ2n) is 5.04. The largest absolute Gasteiger partial charge is 0.465 e. The van der Waals surface area contributed by atoms with Crippen LogP contribution >= 0.6 is 15.9 Å². The van der Waals surface area contributed by atoms with Crippen molar-refractivity contribution in [1.29, 1.82) is 0 Å². The zero-order chi connectivity index (χ0) is 10.3. The van der Waals surface area contributed by atoms with Gasteiger partial charge in [-0.25, -0.2) is 0 Å². The lowest BCUT2D eigenvalue weighted by Crippen LogP contribution is -2.17. The summed E-state index contributed by atoms with van der Waals surface area (Å²) in [7, 11) is 0. The van der Waals surface area contributed by atoms with Gasteiger partial charge in [0.05, 0.1) is 0 Å². The third-order valence-corrected chi connectivity index (χ3v) is 4.50. The number of rotatable bonds is 3. The molecule has 1 aliphatic carbocycles. The van der Waals surface area contributed by atoms with Gasteiger partial charge in [-0.15, -0.1) is 0 Å². The summed E-state index contributed by atoms with van der Waals surface area (Å²) in [5.41, 5.74) is 0.108. The highest BCUT2D eigenvalue weighted by molar-refractivity contribution is 9.09. The molecule has 1 nitrogen and oxygen atoms in total. The summed E-state index contributed by atoms with van der Waals surface area (Å²) < 4.78 is 5.90. The lowest BCUT2D eigenvalue weighted by molar-refractivity contribution is 0.390. The molecule has 1 aromatic rings. The molecular weight excluding hydrogens is 240 g/mol. The van der Waals surface area contributed by atoms with Crippen molar-refractivity contribution in [2.24, 2.45) is 5.92 Å². The van der Waals surface area contributed by atoms with Crippen LogP contribution in [0.1, 0.15) is 44.6 Å². The van der Waals surface area contributed by atoms with Crippen LogP contribution in [0.3, 0.4) is 0 Å². The van der Waals surface area contributed by atoms with E-state index < -0.39 is 0 Å². The Morgan fingerprint density at radius 2 is 2.14 bits per heavy atom. The van der Waals surface area contributed by atoms with Gasteiger partial charge in [-0.1, -0.05) is 36.7 Å². The van der Waals surface area contributed by atoms with Gasteiger partial charge in [0.25, 0.3) is 0 Å². The van der Waals surface area contributed by atoms with E-state index in [0.717, 1.165) is 17.0 Å². The van der Waals surface area contributed by atoms with E-state index >= 15 is 0 Å². The Morgan fingerprint density at radius 1 is 1.50 bits per heavy atom. The van der Waals surface area contributed by atoms with Crippen molar-refractivity contribution in [3.8, 4) is 0 Å². The third kappa shape index (κ3) is 1.77. The minimum Gasteiger partial charge on any atom is -0.465 e. The van der Waals surface area contributed by atoms with E-state index in [4.69, 9.17) is 4.42 Å². The highest BCUT2D eigenvalue weighted by Crippen LogP contribution is 2.48. The lowest BCUT2D eigenvalue weighted by atomic mass is 9.93. The molecule has 0 amide bonds. The Balaban J connectivity index is 2.17. The Labute approximate surface area is 94.0 Å². The molecule has 2 rings (SSSR count). The minimum atomic E-state index is 0.108. The minimum absolute atomic E-state index is 0.108. The maximum absolute atomic E-state index is 5.90. The Bertz CT molecular complexity index is 327. The molecule has 0 radical (unpaired) electrons. The van der Waals surface area contributed by atoms with Crippen LogP contribution in [0.2, 0.25) is 0 Å². The fourth-order valence-corrected chi connectivity index (χ4v) is 1.98. The lowest BCUT2D eigenvalue weighted by Gasteiger charge is -2.18.